The molecule has 0 radical (unpaired) electrons. The van der Waals surface area contributed by atoms with Crippen molar-refractivity contribution in [3.05, 3.63) is 11.6 Å². The number of hydrogen-bond donors (Lipinski definition) is 0. The molecule has 1 amide bonds. The van der Waals surface area contributed by atoms with E-state index in [2.05, 4.69) is 0 Å². The molecule has 5 heteroatoms. The van der Waals surface area contributed by atoms with Crippen LogP contribution in [0.5, 0.6) is 0 Å². The van der Waals surface area contributed by atoms with Crippen LogP contribution >= 0.6 is 0 Å². The Morgan fingerprint density at radius 1 is 1.25 bits per heavy atom. The van der Waals surface area contributed by atoms with Gasteiger partial charge in [-0.05, 0) is 39.7 Å². The number of rotatable bonds is 1. The molecule has 1 heterocycles. The van der Waals surface area contributed by atoms with Crippen molar-refractivity contribution in [1.82, 2.24) is 4.90 Å². The van der Waals surface area contributed by atoms with Crippen LogP contribution in [0.15, 0.2) is 11.6 Å². The summed E-state index contributed by atoms with van der Waals surface area (Å²) >= 11 is 0. The molecule has 0 aromatic carbocycles. The first-order valence-electron chi connectivity index (χ1n) is 6.93. The van der Waals surface area contributed by atoms with Crippen LogP contribution in [0.3, 0.4) is 0 Å². The Morgan fingerprint density at radius 2 is 1.75 bits per heavy atom. The Hall–Kier alpha value is -1.83. The maximum Gasteiger partial charge on any atom is 0.410 e. The van der Waals surface area contributed by atoms with E-state index in [1.54, 1.807) is 11.0 Å². The molecule has 0 N–H and O–H groups in total. The van der Waals surface area contributed by atoms with Gasteiger partial charge in [-0.3, -0.25) is 4.79 Å². The molecule has 1 fully saturated rings. The Morgan fingerprint density at radius 3 is 2.15 bits per heavy atom. The van der Waals surface area contributed by atoms with Crippen LogP contribution in [-0.4, -0.2) is 35.5 Å². The predicted octanol–water partition coefficient (Wildman–Crippen LogP) is 3.06. The van der Waals surface area contributed by atoms with E-state index in [0.717, 1.165) is 5.57 Å². The number of amides is 1. The normalized spacial score (nSPS) is 14.6. The fourth-order valence-corrected chi connectivity index (χ4v) is 1.66. The van der Waals surface area contributed by atoms with Gasteiger partial charge in [-0.1, -0.05) is 19.4 Å². The van der Waals surface area contributed by atoms with Crippen molar-refractivity contribution in [2.75, 3.05) is 13.1 Å². The molecule has 1 saturated heterocycles. The predicted molar refractivity (Wildman–Crippen MR) is 77.1 cm³/mol. The molecule has 0 saturated carbocycles. The van der Waals surface area contributed by atoms with E-state index in [4.69, 9.17) is 10.00 Å². The number of piperidine rings is 1. The monoisotopic (exact) mass is 280 g/mol. The number of carbonyl (C=O) groups excluding carboxylic acids is 2. The lowest BCUT2D eigenvalue weighted by molar-refractivity contribution is -0.109. The van der Waals surface area contributed by atoms with E-state index in [1.165, 1.54) is 6.08 Å². The second-order valence-electron chi connectivity index (χ2n) is 5.25. The number of ether oxygens (including phenoxy) is 1. The van der Waals surface area contributed by atoms with Crippen molar-refractivity contribution in [2.45, 2.75) is 53.1 Å². The van der Waals surface area contributed by atoms with Gasteiger partial charge in [0.15, 0.2) is 0 Å². The second kappa shape index (κ2) is 8.36. The largest absolute Gasteiger partial charge is 0.444 e. The van der Waals surface area contributed by atoms with Crippen molar-refractivity contribution in [3.8, 4) is 6.07 Å². The van der Waals surface area contributed by atoms with Gasteiger partial charge in [0.2, 0.25) is 0 Å². The molecule has 1 aliphatic rings. The lowest BCUT2D eigenvalue weighted by atomic mass is 10.0. The summed E-state index contributed by atoms with van der Waals surface area (Å²) in [6, 6.07) is 1.56. The van der Waals surface area contributed by atoms with E-state index in [-0.39, 0.29) is 6.09 Å². The summed E-state index contributed by atoms with van der Waals surface area (Å²) in [5, 5.41) is 8.40. The summed E-state index contributed by atoms with van der Waals surface area (Å²) < 4.78 is 5.26. The standard InChI is InChI=1S/C13H18N2O3.C2H6/c1-13(2,3)18-12(17)15-6-4-10(5-7-15)8-11(16)9-14;1-2/h8H,4-7H2,1-3H3;1-2H3. The van der Waals surface area contributed by atoms with Crippen molar-refractivity contribution >= 4 is 11.9 Å². The third-order valence-electron chi connectivity index (χ3n) is 2.50. The van der Waals surface area contributed by atoms with E-state index in [1.807, 2.05) is 34.6 Å². The van der Waals surface area contributed by atoms with Crippen LogP contribution in [0, 0.1) is 11.3 Å². The van der Waals surface area contributed by atoms with Crippen LogP contribution in [0.2, 0.25) is 0 Å². The average Bonchev–Trinajstić information content (AvgIpc) is 2.39. The van der Waals surface area contributed by atoms with Crippen LogP contribution in [-0.2, 0) is 9.53 Å². The minimum atomic E-state index is -0.532. The Labute approximate surface area is 121 Å². The fourth-order valence-electron chi connectivity index (χ4n) is 1.66. The number of hydrogen-bond acceptors (Lipinski definition) is 4. The van der Waals surface area contributed by atoms with Gasteiger partial charge in [0.05, 0.1) is 0 Å². The number of nitriles is 1. The fraction of sp³-hybridized carbons (Fsp3) is 0.667. The van der Waals surface area contributed by atoms with Gasteiger partial charge in [0, 0.05) is 13.1 Å². The summed E-state index contributed by atoms with van der Waals surface area (Å²) in [5.74, 6) is -0.532. The van der Waals surface area contributed by atoms with Crippen LogP contribution in [0.25, 0.3) is 0 Å². The van der Waals surface area contributed by atoms with Crippen molar-refractivity contribution in [2.24, 2.45) is 0 Å². The molecule has 1 rings (SSSR count). The molecular formula is C15H24N2O3. The first kappa shape index (κ1) is 18.2. The number of likely N-dealkylation sites (tertiary alicyclic amines) is 1. The Bertz CT molecular complexity index is 404. The molecule has 0 spiro atoms. The molecule has 0 atom stereocenters. The molecule has 112 valence electrons. The molecule has 20 heavy (non-hydrogen) atoms. The summed E-state index contributed by atoms with van der Waals surface area (Å²) in [4.78, 5) is 24.3. The Balaban J connectivity index is 0.00000172. The summed E-state index contributed by atoms with van der Waals surface area (Å²) in [7, 11) is 0. The van der Waals surface area contributed by atoms with E-state index >= 15 is 0 Å². The third-order valence-corrected chi connectivity index (χ3v) is 2.50. The van der Waals surface area contributed by atoms with E-state index < -0.39 is 11.4 Å². The summed E-state index contributed by atoms with van der Waals surface area (Å²) in [6.45, 7) is 10.5. The quantitative estimate of drug-likeness (QED) is 0.546. The minimum Gasteiger partial charge on any atom is -0.444 e. The molecule has 0 aliphatic carbocycles. The highest BCUT2D eigenvalue weighted by Gasteiger charge is 2.24. The van der Waals surface area contributed by atoms with Crippen LogP contribution < -0.4 is 0 Å². The maximum absolute atomic E-state index is 11.8. The van der Waals surface area contributed by atoms with Crippen LogP contribution in [0.4, 0.5) is 4.79 Å². The highest BCUT2D eigenvalue weighted by Crippen LogP contribution is 2.18. The molecular weight excluding hydrogens is 256 g/mol. The number of nitrogens with zero attached hydrogens (tertiary/aromatic N) is 2. The highest BCUT2D eigenvalue weighted by molar-refractivity contribution is 6.02. The van der Waals surface area contributed by atoms with Gasteiger partial charge in [0.25, 0.3) is 5.78 Å². The van der Waals surface area contributed by atoms with Crippen molar-refractivity contribution < 1.29 is 14.3 Å². The first-order chi connectivity index (χ1) is 9.31. The number of ketones is 1. The zero-order valence-corrected chi connectivity index (χ0v) is 13.0. The smallest absolute Gasteiger partial charge is 0.410 e. The first-order valence-corrected chi connectivity index (χ1v) is 6.93. The lowest BCUT2D eigenvalue weighted by Crippen LogP contribution is -2.40. The molecule has 0 aromatic heterocycles. The van der Waals surface area contributed by atoms with Gasteiger partial charge in [-0.15, -0.1) is 0 Å². The summed E-state index contributed by atoms with van der Waals surface area (Å²) in [5.41, 5.74) is 0.422. The molecule has 0 bridgehead atoms. The van der Waals surface area contributed by atoms with E-state index in [0.29, 0.717) is 25.9 Å². The molecule has 5 nitrogen and oxygen atoms in total. The van der Waals surface area contributed by atoms with Crippen molar-refractivity contribution in [1.29, 1.82) is 5.26 Å². The van der Waals surface area contributed by atoms with Gasteiger partial charge in [-0.25, -0.2) is 4.79 Å². The van der Waals surface area contributed by atoms with Gasteiger partial charge >= 0.3 is 6.09 Å². The highest BCUT2D eigenvalue weighted by atomic mass is 16.6. The van der Waals surface area contributed by atoms with Gasteiger partial charge in [-0.2, -0.15) is 5.26 Å². The van der Waals surface area contributed by atoms with E-state index in [9.17, 15) is 9.59 Å². The number of carbonyl (C=O) groups is 2. The molecule has 1 aliphatic heterocycles. The second-order valence-corrected chi connectivity index (χ2v) is 5.25. The number of allylic oxidation sites excluding steroid dienone is 1. The molecule has 0 aromatic rings. The average molecular weight is 280 g/mol. The zero-order chi connectivity index (χ0) is 15.8. The lowest BCUT2D eigenvalue weighted by Gasteiger charge is -2.30. The third kappa shape index (κ3) is 6.93. The zero-order valence-electron chi connectivity index (χ0n) is 13.0. The van der Waals surface area contributed by atoms with Gasteiger partial charge < -0.3 is 9.64 Å². The Kier molecular flexibility index (Phi) is 7.60. The van der Waals surface area contributed by atoms with Crippen molar-refractivity contribution in [3.63, 3.8) is 0 Å². The van der Waals surface area contributed by atoms with Crippen LogP contribution in [0.1, 0.15) is 47.5 Å². The summed E-state index contributed by atoms with van der Waals surface area (Å²) in [6.07, 6.45) is 2.28. The topological polar surface area (TPSA) is 70.4 Å². The van der Waals surface area contributed by atoms with Gasteiger partial charge in [0.1, 0.15) is 11.7 Å². The maximum atomic E-state index is 11.8. The molecule has 0 unspecified atom stereocenters. The minimum absolute atomic E-state index is 0.326. The SMILES string of the molecule is CC.CC(C)(C)OC(=O)N1CCC(=CC(=O)C#N)CC1.